The molecule has 27 heavy (non-hydrogen) atoms. The van der Waals surface area contributed by atoms with Crippen LogP contribution in [0.1, 0.15) is 27.3 Å². The Kier molecular flexibility index (Phi) is 5.88. The number of aryl methyl sites for hydroxylation is 2. The molecule has 0 aliphatic rings. The minimum Gasteiger partial charge on any atom is -0.489 e. The predicted octanol–water partition coefficient (Wildman–Crippen LogP) is 4.08. The zero-order valence-corrected chi connectivity index (χ0v) is 15.7. The summed E-state index contributed by atoms with van der Waals surface area (Å²) in [6.45, 7) is 4.09. The number of carbonyl (C=O) groups is 1. The number of hydrogen-bond acceptors (Lipinski definition) is 5. The van der Waals surface area contributed by atoms with E-state index in [1.54, 1.807) is 24.3 Å². The van der Waals surface area contributed by atoms with Crippen LogP contribution in [0, 0.1) is 13.8 Å². The highest BCUT2D eigenvalue weighted by Crippen LogP contribution is 2.17. The van der Waals surface area contributed by atoms with Gasteiger partial charge in [0.1, 0.15) is 12.4 Å². The van der Waals surface area contributed by atoms with Gasteiger partial charge in [0.2, 0.25) is 5.95 Å². The van der Waals surface area contributed by atoms with Gasteiger partial charge in [0, 0.05) is 22.0 Å². The van der Waals surface area contributed by atoms with Gasteiger partial charge in [-0.2, -0.15) is 0 Å². The number of halogens is 1. The number of amides is 1. The monoisotopic (exact) mass is 382 g/mol. The van der Waals surface area contributed by atoms with Crippen molar-refractivity contribution in [3.05, 3.63) is 82.1 Å². The molecule has 0 aliphatic heterocycles. The predicted molar refractivity (Wildman–Crippen MR) is 105 cm³/mol. The van der Waals surface area contributed by atoms with Crippen molar-refractivity contribution in [3.8, 4) is 5.75 Å². The van der Waals surface area contributed by atoms with Crippen LogP contribution in [0.15, 0.2) is 54.6 Å². The lowest BCUT2D eigenvalue weighted by atomic mass is 10.2. The molecule has 0 spiro atoms. The molecule has 2 N–H and O–H groups in total. The van der Waals surface area contributed by atoms with Crippen LogP contribution in [0.3, 0.4) is 0 Å². The fourth-order valence-corrected chi connectivity index (χ4v) is 2.70. The van der Waals surface area contributed by atoms with Gasteiger partial charge in [0.25, 0.3) is 5.91 Å². The van der Waals surface area contributed by atoms with Crippen molar-refractivity contribution in [2.75, 3.05) is 5.43 Å². The molecule has 0 saturated carbocycles. The van der Waals surface area contributed by atoms with E-state index >= 15 is 0 Å². The quantitative estimate of drug-likeness (QED) is 0.628. The van der Waals surface area contributed by atoms with Crippen LogP contribution in [0.4, 0.5) is 5.95 Å². The molecule has 0 unspecified atom stereocenters. The lowest BCUT2D eigenvalue weighted by Crippen LogP contribution is -2.30. The van der Waals surface area contributed by atoms with E-state index in [2.05, 4.69) is 20.8 Å². The number of hydrazine groups is 1. The smallest absolute Gasteiger partial charge is 0.269 e. The first-order valence-corrected chi connectivity index (χ1v) is 8.73. The number of nitrogens with one attached hydrogen (secondary N) is 2. The molecule has 7 heteroatoms. The lowest BCUT2D eigenvalue weighted by Gasteiger charge is -2.10. The largest absolute Gasteiger partial charge is 0.489 e. The summed E-state index contributed by atoms with van der Waals surface area (Å²) < 4.78 is 5.75. The van der Waals surface area contributed by atoms with Crippen molar-refractivity contribution in [1.29, 1.82) is 0 Å². The second-order valence-corrected chi connectivity index (χ2v) is 6.44. The van der Waals surface area contributed by atoms with Crippen LogP contribution in [0.5, 0.6) is 5.75 Å². The Labute approximate surface area is 162 Å². The number of hydrogen-bond donors (Lipinski definition) is 2. The summed E-state index contributed by atoms with van der Waals surface area (Å²) in [6.07, 6.45) is 0. The summed E-state index contributed by atoms with van der Waals surface area (Å²) in [5.41, 5.74) is 8.36. The van der Waals surface area contributed by atoms with Crippen molar-refractivity contribution in [2.45, 2.75) is 20.5 Å². The Morgan fingerprint density at radius 2 is 1.78 bits per heavy atom. The molecule has 0 atom stereocenters. The number of aromatic nitrogens is 2. The number of benzene rings is 2. The molecule has 1 heterocycles. The molecule has 138 valence electrons. The third-order valence-electron chi connectivity index (χ3n) is 3.66. The highest BCUT2D eigenvalue weighted by molar-refractivity contribution is 6.30. The van der Waals surface area contributed by atoms with E-state index in [1.807, 2.05) is 44.2 Å². The van der Waals surface area contributed by atoms with Crippen molar-refractivity contribution in [3.63, 3.8) is 0 Å². The second-order valence-electron chi connectivity index (χ2n) is 6.00. The van der Waals surface area contributed by atoms with Gasteiger partial charge in [-0.3, -0.25) is 15.6 Å². The maximum Gasteiger partial charge on any atom is 0.269 e. The van der Waals surface area contributed by atoms with Gasteiger partial charge in [-0.05, 0) is 55.8 Å². The summed E-state index contributed by atoms with van der Waals surface area (Å²) >= 11 is 5.97. The van der Waals surface area contributed by atoms with E-state index in [0.29, 0.717) is 28.9 Å². The van der Waals surface area contributed by atoms with Crippen molar-refractivity contribution in [1.82, 2.24) is 15.4 Å². The van der Waals surface area contributed by atoms with Crippen LogP contribution in [0.25, 0.3) is 0 Å². The molecule has 0 fully saturated rings. The van der Waals surface area contributed by atoms with Gasteiger partial charge in [0.15, 0.2) is 0 Å². The molecule has 0 saturated heterocycles. The molecule has 0 radical (unpaired) electrons. The van der Waals surface area contributed by atoms with E-state index in [9.17, 15) is 4.79 Å². The fraction of sp³-hybridized carbons (Fsp3) is 0.150. The summed E-state index contributed by atoms with van der Waals surface area (Å²) in [6, 6.07) is 16.2. The topological polar surface area (TPSA) is 76.1 Å². The van der Waals surface area contributed by atoms with Gasteiger partial charge in [0.05, 0.1) is 0 Å². The van der Waals surface area contributed by atoms with Gasteiger partial charge in [-0.1, -0.05) is 29.8 Å². The SMILES string of the molecule is Cc1cc(C)nc(NNC(=O)c2cccc(OCc3cccc(Cl)c3)c2)n1. The van der Waals surface area contributed by atoms with E-state index < -0.39 is 0 Å². The normalized spacial score (nSPS) is 10.3. The molecular formula is C20H19ClN4O2. The number of rotatable bonds is 6. The number of carbonyl (C=O) groups excluding carboxylic acids is 1. The third-order valence-corrected chi connectivity index (χ3v) is 3.90. The molecule has 1 aromatic heterocycles. The van der Waals surface area contributed by atoms with Gasteiger partial charge < -0.3 is 4.74 Å². The molecule has 2 aromatic carbocycles. The van der Waals surface area contributed by atoms with Crippen LogP contribution in [-0.4, -0.2) is 15.9 Å². The maximum atomic E-state index is 12.4. The molecule has 3 rings (SSSR count). The fourth-order valence-electron chi connectivity index (χ4n) is 2.49. The molecule has 6 nitrogen and oxygen atoms in total. The number of ether oxygens (including phenoxy) is 1. The van der Waals surface area contributed by atoms with E-state index in [1.165, 1.54) is 0 Å². The minimum atomic E-state index is -0.314. The highest BCUT2D eigenvalue weighted by Gasteiger charge is 2.08. The maximum absolute atomic E-state index is 12.4. The van der Waals surface area contributed by atoms with Crippen molar-refractivity contribution < 1.29 is 9.53 Å². The van der Waals surface area contributed by atoms with Crippen molar-refractivity contribution >= 4 is 23.5 Å². The first-order valence-electron chi connectivity index (χ1n) is 8.35. The Morgan fingerprint density at radius 3 is 2.52 bits per heavy atom. The zero-order valence-electron chi connectivity index (χ0n) is 15.0. The second kappa shape index (κ2) is 8.51. The Bertz CT molecular complexity index is 942. The minimum absolute atomic E-state index is 0.314. The summed E-state index contributed by atoms with van der Waals surface area (Å²) in [4.78, 5) is 20.8. The lowest BCUT2D eigenvalue weighted by molar-refractivity contribution is 0.0961. The van der Waals surface area contributed by atoms with Crippen LogP contribution in [0.2, 0.25) is 5.02 Å². The van der Waals surface area contributed by atoms with Crippen LogP contribution in [-0.2, 0) is 6.61 Å². The van der Waals surface area contributed by atoms with Crippen molar-refractivity contribution in [2.24, 2.45) is 0 Å². The van der Waals surface area contributed by atoms with E-state index in [0.717, 1.165) is 17.0 Å². The molecule has 1 amide bonds. The van der Waals surface area contributed by atoms with E-state index in [-0.39, 0.29) is 5.91 Å². The Morgan fingerprint density at radius 1 is 1.04 bits per heavy atom. The average Bonchev–Trinajstić information content (AvgIpc) is 2.64. The standard InChI is InChI=1S/C20H19ClN4O2/c1-13-9-14(2)23-20(22-13)25-24-19(26)16-6-4-8-18(11-16)27-12-15-5-3-7-17(21)10-15/h3-11H,12H2,1-2H3,(H,24,26)(H,22,23,25). The van der Waals surface area contributed by atoms with Crippen LogP contribution >= 0.6 is 11.6 Å². The highest BCUT2D eigenvalue weighted by atomic mass is 35.5. The molecular weight excluding hydrogens is 364 g/mol. The number of nitrogens with zero attached hydrogens (tertiary/aromatic N) is 2. The van der Waals surface area contributed by atoms with Gasteiger partial charge in [-0.15, -0.1) is 0 Å². The van der Waals surface area contributed by atoms with E-state index in [4.69, 9.17) is 16.3 Å². The van der Waals surface area contributed by atoms with Gasteiger partial charge >= 0.3 is 0 Å². The Balaban J connectivity index is 1.61. The molecule has 0 bridgehead atoms. The summed E-state index contributed by atoms with van der Waals surface area (Å²) in [5, 5.41) is 0.656. The average molecular weight is 383 g/mol. The first kappa shape index (κ1) is 18.7. The zero-order chi connectivity index (χ0) is 19.2. The summed E-state index contributed by atoms with van der Waals surface area (Å²) in [7, 11) is 0. The van der Waals surface area contributed by atoms with Gasteiger partial charge in [-0.25, -0.2) is 9.97 Å². The third kappa shape index (κ3) is 5.43. The first-order chi connectivity index (χ1) is 13.0. The van der Waals surface area contributed by atoms with Crippen LogP contribution < -0.4 is 15.6 Å². The Hall–Kier alpha value is -3.12. The molecule has 0 aliphatic carbocycles. The number of anilines is 1. The molecule has 3 aromatic rings. The summed E-state index contributed by atoms with van der Waals surface area (Å²) in [5.74, 6) is 0.616.